The van der Waals surface area contributed by atoms with Crippen molar-refractivity contribution in [2.24, 2.45) is 0 Å². The first-order valence-electron chi connectivity index (χ1n) is 7.93. The van der Waals surface area contributed by atoms with E-state index in [1.807, 2.05) is 0 Å². The number of halogens is 3. The molecule has 0 fully saturated rings. The van der Waals surface area contributed by atoms with Gasteiger partial charge in [0.2, 0.25) is 0 Å². The highest BCUT2D eigenvalue weighted by Gasteiger charge is 2.23. The SMILES string of the molecule is CCn1nc(-c2ccsc2)c(C(C)=O)c(Nc2cc(F)c(F)c(F)c2)c1=O. The van der Waals surface area contributed by atoms with Gasteiger partial charge < -0.3 is 5.32 Å². The summed E-state index contributed by atoms with van der Waals surface area (Å²) in [6.45, 7) is 3.18. The molecule has 0 saturated carbocycles. The van der Waals surface area contributed by atoms with E-state index in [0.29, 0.717) is 17.7 Å². The summed E-state index contributed by atoms with van der Waals surface area (Å²) in [6.07, 6.45) is 0. The molecule has 0 saturated heterocycles. The summed E-state index contributed by atoms with van der Waals surface area (Å²) < 4.78 is 41.4. The summed E-state index contributed by atoms with van der Waals surface area (Å²) in [4.78, 5) is 25.0. The van der Waals surface area contributed by atoms with Crippen molar-refractivity contribution in [3.05, 3.63) is 62.3 Å². The van der Waals surface area contributed by atoms with Gasteiger partial charge in [0.25, 0.3) is 5.56 Å². The van der Waals surface area contributed by atoms with E-state index in [9.17, 15) is 22.8 Å². The van der Waals surface area contributed by atoms with Crippen LogP contribution < -0.4 is 10.9 Å². The van der Waals surface area contributed by atoms with E-state index < -0.39 is 28.8 Å². The Bertz CT molecular complexity index is 1060. The second-order valence-corrected chi connectivity index (χ2v) is 6.45. The zero-order valence-electron chi connectivity index (χ0n) is 14.3. The van der Waals surface area contributed by atoms with E-state index in [4.69, 9.17) is 0 Å². The lowest BCUT2D eigenvalue weighted by molar-refractivity contribution is 0.101. The van der Waals surface area contributed by atoms with Gasteiger partial charge in [0.15, 0.2) is 23.2 Å². The molecule has 3 rings (SSSR count). The Labute approximate surface area is 156 Å². The zero-order valence-corrected chi connectivity index (χ0v) is 15.2. The predicted molar refractivity (Wildman–Crippen MR) is 97.1 cm³/mol. The molecule has 0 spiro atoms. The number of hydrogen-bond donors (Lipinski definition) is 1. The second kappa shape index (κ2) is 7.36. The molecule has 0 aliphatic rings. The van der Waals surface area contributed by atoms with Crippen molar-refractivity contribution < 1.29 is 18.0 Å². The third-order valence-corrected chi connectivity index (χ3v) is 4.54. The molecular weight excluding hydrogens is 379 g/mol. The van der Waals surface area contributed by atoms with Crippen LogP contribution in [0.4, 0.5) is 24.5 Å². The van der Waals surface area contributed by atoms with E-state index in [2.05, 4.69) is 10.4 Å². The average molecular weight is 393 g/mol. The summed E-state index contributed by atoms with van der Waals surface area (Å²) in [7, 11) is 0. The van der Waals surface area contributed by atoms with Crippen LogP contribution in [-0.4, -0.2) is 15.6 Å². The highest BCUT2D eigenvalue weighted by atomic mass is 32.1. The number of carbonyl (C=O) groups is 1. The fourth-order valence-electron chi connectivity index (χ4n) is 2.62. The zero-order chi connectivity index (χ0) is 19.7. The number of nitrogens with zero attached hydrogens (tertiary/aromatic N) is 2. The van der Waals surface area contributed by atoms with E-state index in [0.717, 1.165) is 4.68 Å². The molecule has 3 aromatic rings. The minimum absolute atomic E-state index is 0.00626. The number of aryl methyl sites for hydroxylation is 1. The van der Waals surface area contributed by atoms with Crippen molar-refractivity contribution >= 4 is 28.5 Å². The Morgan fingerprint density at radius 2 is 1.93 bits per heavy atom. The third-order valence-electron chi connectivity index (χ3n) is 3.86. The first kappa shape index (κ1) is 18.8. The van der Waals surface area contributed by atoms with Gasteiger partial charge in [0.05, 0.1) is 5.56 Å². The van der Waals surface area contributed by atoms with E-state index in [1.165, 1.54) is 18.3 Å². The summed E-state index contributed by atoms with van der Waals surface area (Å²) in [6, 6.07) is 3.16. The maximum Gasteiger partial charge on any atom is 0.291 e. The average Bonchev–Trinajstić information content (AvgIpc) is 3.15. The van der Waals surface area contributed by atoms with Gasteiger partial charge >= 0.3 is 0 Å². The number of aromatic nitrogens is 2. The lowest BCUT2D eigenvalue weighted by Crippen LogP contribution is -2.28. The lowest BCUT2D eigenvalue weighted by atomic mass is 10.0. The molecular formula is C18H14F3N3O2S. The van der Waals surface area contributed by atoms with Crippen LogP contribution in [-0.2, 0) is 6.54 Å². The molecule has 9 heteroatoms. The minimum Gasteiger partial charge on any atom is -0.350 e. The Balaban J connectivity index is 2.26. The molecule has 0 radical (unpaired) electrons. The summed E-state index contributed by atoms with van der Waals surface area (Å²) >= 11 is 1.39. The number of rotatable bonds is 5. The molecule has 5 nitrogen and oxygen atoms in total. The fourth-order valence-corrected chi connectivity index (χ4v) is 3.26. The van der Waals surface area contributed by atoms with Gasteiger partial charge in [-0.25, -0.2) is 17.9 Å². The summed E-state index contributed by atoms with van der Waals surface area (Å²) in [5.74, 6) is -4.89. The molecule has 0 aliphatic carbocycles. The van der Waals surface area contributed by atoms with Crippen LogP contribution in [0, 0.1) is 17.5 Å². The first-order valence-corrected chi connectivity index (χ1v) is 8.88. The van der Waals surface area contributed by atoms with Crippen molar-refractivity contribution in [2.45, 2.75) is 20.4 Å². The number of benzene rings is 1. The molecule has 1 N–H and O–H groups in total. The van der Waals surface area contributed by atoms with E-state index in [-0.39, 0.29) is 29.2 Å². The van der Waals surface area contributed by atoms with Crippen molar-refractivity contribution in [1.82, 2.24) is 9.78 Å². The van der Waals surface area contributed by atoms with Gasteiger partial charge in [-0.05, 0) is 25.3 Å². The molecule has 140 valence electrons. The summed E-state index contributed by atoms with van der Waals surface area (Å²) in [5, 5.41) is 10.4. The third kappa shape index (κ3) is 3.50. The van der Waals surface area contributed by atoms with Crippen LogP contribution in [0.25, 0.3) is 11.3 Å². The topological polar surface area (TPSA) is 64.0 Å². The molecule has 27 heavy (non-hydrogen) atoms. The minimum atomic E-state index is -1.62. The molecule has 0 aliphatic heterocycles. The first-order chi connectivity index (χ1) is 12.8. The molecule has 0 atom stereocenters. The summed E-state index contributed by atoms with van der Waals surface area (Å²) in [5.41, 5.74) is -0.107. The van der Waals surface area contributed by atoms with Crippen LogP contribution in [0.3, 0.4) is 0 Å². The monoisotopic (exact) mass is 393 g/mol. The van der Waals surface area contributed by atoms with Crippen molar-refractivity contribution in [3.63, 3.8) is 0 Å². The van der Waals surface area contributed by atoms with Crippen LogP contribution in [0.5, 0.6) is 0 Å². The smallest absolute Gasteiger partial charge is 0.291 e. The van der Waals surface area contributed by atoms with E-state index in [1.54, 1.807) is 23.8 Å². The van der Waals surface area contributed by atoms with Crippen LogP contribution in [0.15, 0.2) is 33.8 Å². The van der Waals surface area contributed by atoms with Gasteiger partial charge in [-0.3, -0.25) is 9.59 Å². The Hall–Kier alpha value is -2.94. The second-order valence-electron chi connectivity index (χ2n) is 5.67. The number of ketones is 1. The van der Waals surface area contributed by atoms with Gasteiger partial charge in [-0.15, -0.1) is 0 Å². The maximum absolute atomic E-state index is 13.5. The Kier molecular flexibility index (Phi) is 5.13. The quantitative estimate of drug-likeness (QED) is 0.517. The Morgan fingerprint density at radius 1 is 1.26 bits per heavy atom. The number of thiophene rings is 1. The molecule has 2 aromatic heterocycles. The van der Waals surface area contributed by atoms with Gasteiger partial charge in [-0.1, -0.05) is 0 Å². The van der Waals surface area contributed by atoms with Crippen LogP contribution in [0.1, 0.15) is 24.2 Å². The van der Waals surface area contributed by atoms with Crippen molar-refractivity contribution in [1.29, 1.82) is 0 Å². The standard InChI is InChI=1S/C18H14F3N3O2S/c1-3-24-18(26)17(22-11-6-12(19)15(21)13(20)7-11)14(9(2)25)16(23-24)10-4-5-27-8-10/h4-8,22H,3H2,1-2H3. The van der Waals surface area contributed by atoms with Gasteiger partial charge in [-0.2, -0.15) is 16.4 Å². The molecule has 0 amide bonds. The fraction of sp³-hybridized carbons (Fsp3) is 0.167. The van der Waals surface area contributed by atoms with Gasteiger partial charge in [0, 0.05) is 35.3 Å². The lowest BCUT2D eigenvalue weighted by Gasteiger charge is -2.15. The molecule has 1 aromatic carbocycles. The normalized spacial score (nSPS) is 10.9. The van der Waals surface area contributed by atoms with Crippen LogP contribution >= 0.6 is 11.3 Å². The highest BCUT2D eigenvalue weighted by Crippen LogP contribution is 2.29. The number of anilines is 2. The number of carbonyl (C=O) groups excluding carboxylic acids is 1. The predicted octanol–water partition coefficient (Wildman–Crippen LogP) is 4.36. The van der Waals surface area contributed by atoms with Crippen molar-refractivity contribution in [2.75, 3.05) is 5.32 Å². The molecule has 2 heterocycles. The van der Waals surface area contributed by atoms with Crippen molar-refractivity contribution in [3.8, 4) is 11.3 Å². The number of nitrogens with one attached hydrogen (secondary N) is 1. The number of Topliss-reactive ketones (excluding diaryl/α,β-unsaturated/α-hetero) is 1. The Morgan fingerprint density at radius 3 is 2.44 bits per heavy atom. The number of hydrogen-bond acceptors (Lipinski definition) is 5. The largest absolute Gasteiger partial charge is 0.350 e. The van der Waals surface area contributed by atoms with Crippen LogP contribution in [0.2, 0.25) is 0 Å². The maximum atomic E-state index is 13.5. The molecule has 0 unspecified atom stereocenters. The van der Waals surface area contributed by atoms with Gasteiger partial charge in [0.1, 0.15) is 11.4 Å². The van der Waals surface area contributed by atoms with E-state index >= 15 is 0 Å². The molecule has 0 bridgehead atoms. The highest BCUT2D eigenvalue weighted by molar-refractivity contribution is 7.08.